The van der Waals surface area contributed by atoms with Crippen LogP contribution in [0.3, 0.4) is 0 Å². The van der Waals surface area contributed by atoms with E-state index in [1.165, 1.54) is 12.1 Å². The predicted octanol–water partition coefficient (Wildman–Crippen LogP) is 1.91. The predicted molar refractivity (Wildman–Crippen MR) is 69.0 cm³/mol. The molecule has 1 amide bonds. The quantitative estimate of drug-likeness (QED) is 0.885. The van der Waals surface area contributed by atoms with Crippen molar-refractivity contribution in [2.24, 2.45) is 5.73 Å². The van der Waals surface area contributed by atoms with Crippen LogP contribution in [0.15, 0.2) is 18.2 Å². The first-order valence-corrected chi connectivity index (χ1v) is 5.34. The van der Waals surface area contributed by atoms with Crippen LogP contribution >= 0.6 is 24.0 Å². The lowest BCUT2D eigenvalue weighted by molar-refractivity contribution is -0.121. The Balaban J connectivity index is 0.00000256. The summed E-state index contributed by atoms with van der Waals surface area (Å²) in [6.07, 6.45) is -0.0736. The summed E-state index contributed by atoms with van der Waals surface area (Å²) in [7, 11) is 0. The molecule has 0 aliphatic heterocycles. The van der Waals surface area contributed by atoms with Crippen LogP contribution in [-0.2, 0) is 11.2 Å². The van der Waals surface area contributed by atoms with Gasteiger partial charge in [-0.2, -0.15) is 0 Å². The first-order valence-electron chi connectivity index (χ1n) is 4.97. The number of benzene rings is 1. The lowest BCUT2D eigenvalue weighted by Gasteiger charge is -2.12. The second-order valence-electron chi connectivity index (χ2n) is 3.58. The Kier molecular flexibility index (Phi) is 7.11. The Labute approximate surface area is 111 Å². The average molecular weight is 281 g/mol. The summed E-state index contributed by atoms with van der Waals surface area (Å²) in [5.74, 6) is -0.756. The van der Waals surface area contributed by atoms with Crippen molar-refractivity contribution in [2.45, 2.75) is 19.4 Å². The van der Waals surface area contributed by atoms with Gasteiger partial charge in [0.2, 0.25) is 5.91 Å². The average Bonchev–Trinajstić information content (AvgIpc) is 2.23. The highest BCUT2D eigenvalue weighted by molar-refractivity contribution is 6.31. The SMILES string of the molecule is C[C@@H](CN)NC(=O)Cc1c(F)cccc1Cl.Cl. The van der Waals surface area contributed by atoms with Crippen LogP contribution in [0.2, 0.25) is 5.02 Å². The van der Waals surface area contributed by atoms with E-state index in [0.29, 0.717) is 6.54 Å². The second kappa shape index (κ2) is 7.48. The van der Waals surface area contributed by atoms with Crippen LogP contribution in [0, 0.1) is 5.82 Å². The van der Waals surface area contributed by atoms with Gasteiger partial charge in [-0.15, -0.1) is 12.4 Å². The first-order chi connectivity index (χ1) is 7.54. The van der Waals surface area contributed by atoms with Crippen molar-refractivity contribution < 1.29 is 9.18 Å². The van der Waals surface area contributed by atoms with Gasteiger partial charge in [-0.05, 0) is 19.1 Å². The minimum atomic E-state index is -0.469. The molecule has 0 saturated heterocycles. The highest BCUT2D eigenvalue weighted by Gasteiger charge is 2.12. The maximum absolute atomic E-state index is 13.3. The van der Waals surface area contributed by atoms with Gasteiger partial charge in [0, 0.05) is 23.2 Å². The van der Waals surface area contributed by atoms with E-state index in [-0.39, 0.29) is 41.4 Å². The van der Waals surface area contributed by atoms with Crippen molar-refractivity contribution in [3.63, 3.8) is 0 Å². The molecule has 0 aliphatic rings. The molecule has 3 N–H and O–H groups in total. The minimum Gasteiger partial charge on any atom is -0.352 e. The molecule has 0 saturated carbocycles. The number of nitrogens with one attached hydrogen (secondary N) is 1. The molecule has 1 aromatic rings. The highest BCUT2D eigenvalue weighted by Crippen LogP contribution is 2.19. The third kappa shape index (κ3) is 4.89. The van der Waals surface area contributed by atoms with Crippen molar-refractivity contribution in [1.29, 1.82) is 0 Å². The highest BCUT2D eigenvalue weighted by atomic mass is 35.5. The molecule has 3 nitrogen and oxygen atoms in total. The molecule has 0 spiro atoms. The molecular weight excluding hydrogens is 266 g/mol. The Morgan fingerprint density at radius 2 is 2.24 bits per heavy atom. The topological polar surface area (TPSA) is 55.1 Å². The van der Waals surface area contributed by atoms with E-state index in [1.807, 2.05) is 0 Å². The Hall–Kier alpha value is -0.840. The van der Waals surface area contributed by atoms with Crippen molar-refractivity contribution >= 4 is 29.9 Å². The summed E-state index contributed by atoms with van der Waals surface area (Å²) in [5.41, 5.74) is 5.57. The van der Waals surface area contributed by atoms with Gasteiger partial charge in [0.05, 0.1) is 6.42 Å². The van der Waals surface area contributed by atoms with Crippen molar-refractivity contribution in [2.75, 3.05) is 6.54 Å². The summed E-state index contributed by atoms with van der Waals surface area (Å²) >= 11 is 5.80. The third-order valence-electron chi connectivity index (χ3n) is 2.16. The van der Waals surface area contributed by atoms with Gasteiger partial charge < -0.3 is 11.1 Å². The first kappa shape index (κ1) is 16.2. The van der Waals surface area contributed by atoms with E-state index in [9.17, 15) is 9.18 Å². The summed E-state index contributed by atoms with van der Waals surface area (Å²) in [4.78, 5) is 11.5. The molecule has 0 heterocycles. The van der Waals surface area contributed by atoms with Gasteiger partial charge in [0.1, 0.15) is 5.82 Å². The van der Waals surface area contributed by atoms with E-state index in [0.717, 1.165) is 0 Å². The summed E-state index contributed by atoms with van der Waals surface area (Å²) in [6, 6.07) is 4.21. The number of amides is 1. The maximum atomic E-state index is 13.3. The van der Waals surface area contributed by atoms with Gasteiger partial charge in [0.25, 0.3) is 0 Å². The number of hydrogen-bond donors (Lipinski definition) is 2. The van der Waals surface area contributed by atoms with Crippen molar-refractivity contribution in [3.8, 4) is 0 Å². The number of hydrogen-bond acceptors (Lipinski definition) is 2. The van der Waals surface area contributed by atoms with Crippen LogP contribution in [0.5, 0.6) is 0 Å². The largest absolute Gasteiger partial charge is 0.352 e. The van der Waals surface area contributed by atoms with Crippen LogP contribution in [0.25, 0.3) is 0 Å². The summed E-state index contributed by atoms with van der Waals surface area (Å²) in [5, 5.41) is 2.90. The van der Waals surface area contributed by atoms with Gasteiger partial charge in [-0.1, -0.05) is 17.7 Å². The molecule has 17 heavy (non-hydrogen) atoms. The van der Waals surface area contributed by atoms with Crippen LogP contribution in [-0.4, -0.2) is 18.5 Å². The normalized spacial score (nSPS) is 11.5. The van der Waals surface area contributed by atoms with E-state index in [1.54, 1.807) is 13.0 Å². The molecule has 0 unspecified atom stereocenters. The number of rotatable bonds is 4. The molecular formula is C11H15Cl2FN2O. The number of carbonyl (C=O) groups excluding carboxylic acids is 1. The fraction of sp³-hybridized carbons (Fsp3) is 0.364. The van der Waals surface area contributed by atoms with Crippen molar-refractivity contribution in [3.05, 3.63) is 34.6 Å². The van der Waals surface area contributed by atoms with Crippen molar-refractivity contribution in [1.82, 2.24) is 5.32 Å². The maximum Gasteiger partial charge on any atom is 0.224 e. The lowest BCUT2D eigenvalue weighted by Crippen LogP contribution is -2.38. The molecule has 0 aliphatic carbocycles. The smallest absolute Gasteiger partial charge is 0.224 e. The Bertz CT molecular complexity index is 367. The molecule has 1 atom stereocenters. The summed E-state index contributed by atoms with van der Waals surface area (Å²) in [6.45, 7) is 2.12. The van der Waals surface area contributed by atoms with Crippen LogP contribution in [0.1, 0.15) is 12.5 Å². The second-order valence-corrected chi connectivity index (χ2v) is 3.99. The van der Waals surface area contributed by atoms with E-state index < -0.39 is 5.82 Å². The van der Waals surface area contributed by atoms with Gasteiger partial charge in [-0.3, -0.25) is 4.79 Å². The fourth-order valence-corrected chi connectivity index (χ4v) is 1.48. The molecule has 0 fully saturated rings. The summed E-state index contributed by atoms with van der Waals surface area (Å²) < 4.78 is 13.3. The Morgan fingerprint density at radius 3 is 2.76 bits per heavy atom. The standard InChI is InChI=1S/C11H14ClFN2O.ClH/c1-7(6-14)15-11(16)5-8-9(12)3-2-4-10(8)13;/h2-4,7H,5-6,14H2,1H3,(H,15,16);1H/t7-;/m0./s1. The lowest BCUT2D eigenvalue weighted by atomic mass is 10.1. The van der Waals surface area contributed by atoms with E-state index >= 15 is 0 Å². The molecule has 0 aromatic heterocycles. The monoisotopic (exact) mass is 280 g/mol. The molecule has 1 aromatic carbocycles. The van der Waals surface area contributed by atoms with Gasteiger partial charge in [-0.25, -0.2) is 4.39 Å². The number of halogens is 3. The molecule has 0 radical (unpaired) electrons. The zero-order valence-corrected chi connectivity index (χ0v) is 10.9. The van der Waals surface area contributed by atoms with E-state index in [2.05, 4.69) is 5.32 Å². The third-order valence-corrected chi connectivity index (χ3v) is 2.51. The molecule has 1 rings (SSSR count). The van der Waals surface area contributed by atoms with Gasteiger partial charge in [0.15, 0.2) is 0 Å². The van der Waals surface area contributed by atoms with E-state index in [4.69, 9.17) is 17.3 Å². The van der Waals surface area contributed by atoms with Crippen LogP contribution in [0.4, 0.5) is 4.39 Å². The zero-order chi connectivity index (χ0) is 12.1. The minimum absolute atomic E-state index is 0. The molecule has 96 valence electrons. The number of carbonyl (C=O) groups is 1. The zero-order valence-electron chi connectivity index (χ0n) is 9.37. The number of nitrogens with two attached hydrogens (primary N) is 1. The molecule has 6 heteroatoms. The van der Waals surface area contributed by atoms with Crippen LogP contribution < -0.4 is 11.1 Å². The fourth-order valence-electron chi connectivity index (χ4n) is 1.25. The Morgan fingerprint density at radius 1 is 1.59 bits per heavy atom. The molecule has 0 bridgehead atoms. The van der Waals surface area contributed by atoms with Gasteiger partial charge >= 0.3 is 0 Å².